The van der Waals surface area contributed by atoms with Crippen LogP contribution in [0.15, 0.2) is 43.0 Å². The van der Waals surface area contributed by atoms with Crippen LogP contribution < -0.4 is 4.90 Å². The van der Waals surface area contributed by atoms with E-state index in [0.717, 1.165) is 38.0 Å². The standard InChI is InChI=1S/C19H22N4O2/c24-18(21-9-3-4-10-21)13-17(22-12-8-20-14-22)19(25)23-11-7-15-5-1-2-6-16(15)23/h1-2,5-6,8,12,14,17H,3-4,7,9-11,13H2/t17-/m0/s1. The molecule has 0 radical (unpaired) electrons. The minimum absolute atomic E-state index is 0.0319. The molecule has 0 spiro atoms. The van der Waals surface area contributed by atoms with Crippen LogP contribution in [0.3, 0.4) is 0 Å². The molecular weight excluding hydrogens is 316 g/mol. The highest BCUT2D eigenvalue weighted by atomic mass is 16.2. The van der Waals surface area contributed by atoms with Crippen LogP contribution in [0, 0.1) is 0 Å². The third kappa shape index (κ3) is 3.04. The van der Waals surface area contributed by atoms with Crippen molar-refractivity contribution < 1.29 is 9.59 Å². The molecule has 0 saturated carbocycles. The zero-order valence-electron chi connectivity index (χ0n) is 14.2. The van der Waals surface area contributed by atoms with Gasteiger partial charge in [-0.1, -0.05) is 18.2 Å². The molecule has 1 fully saturated rings. The monoisotopic (exact) mass is 338 g/mol. The minimum Gasteiger partial charge on any atom is -0.343 e. The number of para-hydroxylation sites is 1. The molecule has 1 aromatic carbocycles. The Labute approximate surface area is 147 Å². The SMILES string of the molecule is O=C(C[C@@H](C(=O)N1CCc2ccccc21)n1ccnc1)N1CCCC1. The third-order valence-corrected chi connectivity index (χ3v) is 5.15. The lowest BCUT2D eigenvalue weighted by molar-refractivity contribution is -0.134. The Morgan fingerprint density at radius 1 is 1.12 bits per heavy atom. The van der Waals surface area contributed by atoms with Crippen LogP contribution in [0.25, 0.3) is 0 Å². The van der Waals surface area contributed by atoms with Crippen molar-refractivity contribution in [3.63, 3.8) is 0 Å². The minimum atomic E-state index is -0.540. The third-order valence-electron chi connectivity index (χ3n) is 5.15. The van der Waals surface area contributed by atoms with Crippen molar-refractivity contribution in [3.05, 3.63) is 48.5 Å². The first-order valence-corrected chi connectivity index (χ1v) is 8.88. The highest BCUT2D eigenvalue weighted by Crippen LogP contribution is 2.30. The van der Waals surface area contributed by atoms with E-state index in [4.69, 9.17) is 0 Å². The van der Waals surface area contributed by atoms with Gasteiger partial charge in [0.25, 0.3) is 5.91 Å². The van der Waals surface area contributed by atoms with Gasteiger partial charge < -0.3 is 14.4 Å². The molecule has 0 unspecified atom stereocenters. The molecule has 4 rings (SSSR count). The largest absolute Gasteiger partial charge is 0.343 e. The summed E-state index contributed by atoms with van der Waals surface area (Å²) in [5.41, 5.74) is 2.15. The van der Waals surface area contributed by atoms with Crippen molar-refractivity contribution in [1.29, 1.82) is 0 Å². The number of anilines is 1. The van der Waals surface area contributed by atoms with Gasteiger partial charge in [0.15, 0.2) is 0 Å². The maximum absolute atomic E-state index is 13.3. The van der Waals surface area contributed by atoms with E-state index in [2.05, 4.69) is 11.1 Å². The summed E-state index contributed by atoms with van der Waals surface area (Å²) in [7, 11) is 0. The Bertz CT molecular complexity index is 765. The van der Waals surface area contributed by atoms with Gasteiger partial charge in [0.2, 0.25) is 5.91 Å². The summed E-state index contributed by atoms with van der Waals surface area (Å²) in [5.74, 6) is 0.0209. The van der Waals surface area contributed by atoms with Crippen molar-refractivity contribution in [2.24, 2.45) is 0 Å². The lowest BCUT2D eigenvalue weighted by Crippen LogP contribution is -2.39. The van der Waals surface area contributed by atoms with Crippen LogP contribution >= 0.6 is 0 Å². The molecule has 1 aromatic heterocycles. The van der Waals surface area contributed by atoms with Crippen LogP contribution in [-0.4, -0.2) is 45.9 Å². The molecule has 0 aliphatic carbocycles. The molecule has 2 amide bonds. The predicted octanol–water partition coefficient (Wildman–Crippen LogP) is 2.03. The summed E-state index contributed by atoms with van der Waals surface area (Å²) in [6.45, 7) is 2.27. The molecule has 3 heterocycles. The molecule has 0 bridgehead atoms. The van der Waals surface area contributed by atoms with Gasteiger partial charge in [0.1, 0.15) is 6.04 Å². The van der Waals surface area contributed by atoms with Gasteiger partial charge in [-0.05, 0) is 30.9 Å². The van der Waals surface area contributed by atoms with E-state index >= 15 is 0 Å². The zero-order valence-corrected chi connectivity index (χ0v) is 14.2. The van der Waals surface area contributed by atoms with E-state index in [1.165, 1.54) is 5.56 Å². The van der Waals surface area contributed by atoms with Crippen LogP contribution in [0.2, 0.25) is 0 Å². The number of nitrogens with zero attached hydrogens (tertiary/aromatic N) is 4. The number of benzene rings is 1. The van der Waals surface area contributed by atoms with Crippen LogP contribution in [0.5, 0.6) is 0 Å². The highest BCUT2D eigenvalue weighted by molar-refractivity contribution is 6.00. The van der Waals surface area contributed by atoms with Gasteiger partial charge in [-0.3, -0.25) is 9.59 Å². The average Bonchev–Trinajstić information content (AvgIpc) is 3.40. The summed E-state index contributed by atoms with van der Waals surface area (Å²) in [6.07, 6.45) is 8.19. The number of carbonyl (C=O) groups excluding carboxylic acids is 2. The van der Waals surface area contributed by atoms with E-state index in [9.17, 15) is 9.59 Å². The van der Waals surface area contributed by atoms with Gasteiger partial charge >= 0.3 is 0 Å². The Balaban J connectivity index is 1.58. The van der Waals surface area contributed by atoms with Gasteiger partial charge in [0.05, 0.1) is 12.7 Å². The quantitative estimate of drug-likeness (QED) is 0.857. The molecule has 130 valence electrons. The van der Waals surface area contributed by atoms with Crippen molar-refractivity contribution in [2.45, 2.75) is 31.7 Å². The Kier molecular flexibility index (Phi) is 4.26. The Hall–Kier alpha value is -2.63. The maximum Gasteiger partial charge on any atom is 0.250 e. The van der Waals surface area contributed by atoms with E-state index < -0.39 is 6.04 Å². The summed E-state index contributed by atoms with van der Waals surface area (Å²) in [6, 6.07) is 7.45. The highest BCUT2D eigenvalue weighted by Gasteiger charge is 2.33. The van der Waals surface area contributed by atoms with Gasteiger partial charge in [-0.25, -0.2) is 4.98 Å². The van der Waals surface area contributed by atoms with Crippen molar-refractivity contribution >= 4 is 17.5 Å². The number of aromatic nitrogens is 2. The zero-order chi connectivity index (χ0) is 17.2. The van der Waals surface area contributed by atoms with Crippen LogP contribution in [0.1, 0.15) is 30.9 Å². The molecule has 25 heavy (non-hydrogen) atoms. The Morgan fingerprint density at radius 3 is 2.68 bits per heavy atom. The van der Waals surface area contributed by atoms with Crippen molar-refractivity contribution in [3.8, 4) is 0 Å². The smallest absolute Gasteiger partial charge is 0.250 e. The molecule has 2 aromatic rings. The second kappa shape index (κ2) is 6.70. The number of likely N-dealkylation sites (tertiary alicyclic amines) is 1. The number of fused-ring (bicyclic) bond motifs is 1. The van der Waals surface area contributed by atoms with Gasteiger partial charge in [-0.2, -0.15) is 0 Å². The molecule has 0 N–H and O–H groups in total. The first-order chi connectivity index (χ1) is 12.2. The van der Waals surface area contributed by atoms with E-state index in [1.54, 1.807) is 23.3 Å². The van der Waals surface area contributed by atoms with Gasteiger partial charge in [0, 0.05) is 37.7 Å². The molecule has 2 aliphatic rings. The van der Waals surface area contributed by atoms with Crippen molar-refractivity contribution in [1.82, 2.24) is 14.5 Å². The van der Waals surface area contributed by atoms with E-state index in [0.29, 0.717) is 6.54 Å². The molecule has 6 heteroatoms. The number of hydrogen-bond acceptors (Lipinski definition) is 3. The van der Waals surface area contributed by atoms with E-state index in [1.807, 2.05) is 28.0 Å². The lowest BCUT2D eigenvalue weighted by Gasteiger charge is -2.26. The fourth-order valence-electron chi connectivity index (χ4n) is 3.78. The van der Waals surface area contributed by atoms with Gasteiger partial charge in [-0.15, -0.1) is 0 Å². The number of rotatable bonds is 4. The molecule has 1 atom stereocenters. The number of carbonyl (C=O) groups is 2. The first-order valence-electron chi connectivity index (χ1n) is 8.88. The molecule has 6 nitrogen and oxygen atoms in total. The summed E-state index contributed by atoms with van der Waals surface area (Å²) in [4.78, 5) is 33.7. The predicted molar refractivity (Wildman–Crippen MR) is 94.2 cm³/mol. The topological polar surface area (TPSA) is 58.4 Å². The maximum atomic E-state index is 13.3. The Morgan fingerprint density at radius 2 is 1.92 bits per heavy atom. The van der Waals surface area contributed by atoms with Crippen molar-refractivity contribution in [2.75, 3.05) is 24.5 Å². The second-order valence-electron chi connectivity index (χ2n) is 6.69. The first kappa shape index (κ1) is 15.9. The lowest BCUT2D eigenvalue weighted by atomic mass is 10.1. The number of imidazole rings is 1. The second-order valence-corrected chi connectivity index (χ2v) is 6.69. The number of hydrogen-bond donors (Lipinski definition) is 0. The summed E-state index contributed by atoms with van der Waals surface area (Å²) < 4.78 is 1.76. The fourth-order valence-corrected chi connectivity index (χ4v) is 3.78. The molecular formula is C19H22N4O2. The van der Waals surface area contributed by atoms with E-state index in [-0.39, 0.29) is 18.2 Å². The number of amides is 2. The van der Waals surface area contributed by atoms with Crippen LogP contribution in [0.4, 0.5) is 5.69 Å². The van der Waals surface area contributed by atoms with Crippen LogP contribution in [-0.2, 0) is 16.0 Å². The average molecular weight is 338 g/mol. The summed E-state index contributed by atoms with van der Waals surface area (Å²) in [5, 5.41) is 0. The molecule has 2 aliphatic heterocycles. The fraction of sp³-hybridized carbons (Fsp3) is 0.421. The normalized spacial score (nSPS) is 17.6. The summed E-state index contributed by atoms with van der Waals surface area (Å²) >= 11 is 0. The molecule has 1 saturated heterocycles.